The molecule has 3 aromatic heterocycles. The van der Waals surface area contributed by atoms with Crippen LogP contribution in [0, 0.1) is 0 Å². The highest BCUT2D eigenvalue weighted by Crippen LogP contribution is 2.51. The zero-order valence-electron chi connectivity index (χ0n) is 24.6. The number of halogens is 1. The first-order chi connectivity index (χ1) is 20.1. The first kappa shape index (κ1) is 31.1. The van der Waals surface area contributed by atoms with Crippen LogP contribution in [0.5, 0.6) is 29.3 Å². The highest BCUT2D eigenvalue weighted by Gasteiger charge is 2.45. The van der Waals surface area contributed by atoms with Crippen LogP contribution >= 0.6 is 15.9 Å². The minimum Gasteiger partial charge on any atom is -0.491 e. The molecular formula is C30H35BrN4O7. The number of ether oxygens (including phenoxy) is 5. The van der Waals surface area contributed by atoms with Gasteiger partial charge in [-0.05, 0) is 50.3 Å². The highest BCUT2D eigenvalue weighted by molar-refractivity contribution is 9.10. The van der Waals surface area contributed by atoms with Gasteiger partial charge in [0.2, 0.25) is 23.5 Å². The quantitative estimate of drug-likeness (QED) is 0.233. The lowest BCUT2D eigenvalue weighted by Gasteiger charge is -2.39. The van der Waals surface area contributed by atoms with Gasteiger partial charge in [-0.3, -0.25) is 9.78 Å². The fourth-order valence-electron chi connectivity index (χ4n) is 5.10. The van der Waals surface area contributed by atoms with Crippen LogP contribution in [0.4, 0.5) is 0 Å². The molecule has 4 rings (SSSR count). The predicted molar refractivity (Wildman–Crippen MR) is 162 cm³/mol. The number of methoxy groups -OCH3 is 5. The summed E-state index contributed by atoms with van der Waals surface area (Å²) < 4.78 is 28.9. The van der Waals surface area contributed by atoms with E-state index in [1.165, 1.54) is 41.6 Å². The molecule has 4 aromatic rings. The van der Waals surface area contributed by atoms with E-state index in [1.54, 1.807) is 12.1 Å². The van der Waals surface area contributed by atoms with Crippen molar-refractivity contribution in [3.63, 3.8) is 0 Å². The van der Waals surface area contributed by atoms with Gasteiger partial charge in [-0.1, -0.05) is 15.9 Å². The Morgan fingerprint density at radius 3 is 2.17 bits per heavy atom. The Labute approximate surface area is 252 Å². The van der Waals surface area contributed by atoms with Crippen molar-refractivity contribution >= 4 is 26.8 Å². The number of nitrogens with one attached hydrogen (secondary N) is 1. The third-order valence-corrected chi connectivity index (χ3v) is 7.59. The number of H-pyrrole nitrogens is 1. The molecule has 224 valence electrons. The monoisotopic (exact) mass is 642 g/mol. The molecule has 0 amide bonds. The fraction of sp³-hybridized carbons (Fsp3) is 0.367. The van der Waals surface area contributed by atoms with Crippen molar-refractivity contribution in [2.45, 2.75) is 17.9 Å². The molecule has 0 radical (unpaired) electrons. The second kappa shape index (κ2) is 13.0. The van der Waals surface area contributed by atoms with Crippen LogP contribution in [0.15, 0.2) is 51.7 Å². The maximum absolute atomic E-state index is 13.1. The van der Waals surface area contributed by atoms with Gasteiger partial charge in [-0.25, -0.2) is 4.98 Å². The largest absolute Gasteiger partial charge is 0.491 e. The van der Waals surface area contributed by atoms with Crippen molar-refractivity contribution in [2.75, 3.05) is 56.2 Å². The summed E-state index contributed by atoms with van der Waals surface area (Å²) in [4.78, 5) is 26.8. The second-order valence-electron chi connectivity index (χ2n) is 9.93. The van der Waals surface area contributed by atoms with Gasteiger partial charge in [-0.15, -0.1) is 0 Å². The molecule has 0 spiro atoms. The van der Waals surface area contributed by atoms with Gasteiger partial charge in [0.1, 0.15) is 5.60 Å². The van der Waals surface area contributed by atoms with Crippen LogP contribution in [0.3, 0.4) is 0 Å². The zero-order valence-corrected chi connectivity index (χ0v) is 26.2. The molecule has 0 fully saturated rings. The number of aromatic amines is 1. The number of hydrogen-bond acceptors (Lipinski definition) is 10. The van der Waals surface area contributed by atoms with Crippen molar-refractivity contribution in [1.82, 2.24) is 19.9 Å². The average Bonchev–Trinajstić information content (AvgIpc) is 2.99. The van der Waals surface area contributed by atoms with Gasteiger partial charge < -0.3 is 33.7 Å². The number of aliphatic hydroxyl groups is 1. The lowest BCUT2D eigenvalue weighted by molar-refractivity contribution is 0.00261. The normalized spacial score (nSPS) is 13.5. The van der Waals surface area contributed by atoms with Crippen LogP contribution in [0.25, 0.3) is 10.9 Å². The number of hydrogen-bond donors (Lipinski definition) is 2. The van der Waals surface area contributed by atoms with Gasteiger partial charge in [0.15, 0.2) is 5.75 Å². The molecule has 1 aromatic carbocycles. The number of benzene rings is 1. The molecule has 11 nitrogen and oxygen atoms in total. The van der Waals surface area contributed by atoms with Gasteiger partial charge in [0.05, 0.1) is 47.0 Å². The minimum atomic E-state index is -1.71. The summed E-state index contributed by atoms with van der Waals surface area (Å²) in [6.07, 6.45) is 0.207. The third-order valence-electron chi connectivity index (χ3n) is 7.10. The van der Waals surface area contributed by atoms with Crippen LogP contribution in [0.1, 0.15) is 29.0 Å². The third kappa shape index (κ3) is 6.15. The van der Waals surface area contributed by atoms with Gasteiger partial charge in [-0.2, -0.15) is 4.98 Å². The van der Waals surface area contributed by atoms with Gasteiger partial charge in [0, 0.05) is 45.7 Å². The Morgan fingerprint density at radius 2 is 1.60 bits per heavy atom. The Bertz CT molecular complexity index is 1610. The molecule has 42 heavy (non-hydrogen) atoms. The minimum absolute atomic E-state index is 0.111. The average molecular weight is 644 g/mol. The van der Waals surface area contributed by atoms with Crippen LogP contribution in [-0.4, -0.2) is 81.1 Å². The van der Waals surface area contributed by atoms with Crippen LogP contribution < -0.4 is 29.2 Å². The lowest BCUT2D eigenvalue weighted by Crippen LogP contribution is -2.38. The highest BCUT2D eigenvalue weighted by atomic mass is 79.9. The summed E-state index contributed by atoms with van der Waals surface area (Å²) in [6.45, 7) is 0.470. The molecule has 0 saturated heterocycles. The van der Waals surface area contributed by atoms with Crippen molar-refractivity contribution in [3.8, 4) is 29.3 Å². The summed E-state index contributed by atoms with van der Waals surface area (Å²) in [6, 6.07) is 12.3. The van der Waals surface area contributed by atoms with E-state index in [4.69, 9.17) is 28.7 Å². The number of fused-ring (bicyclic) bond motifs is 1. The van der Waals surface area contributed by atoms with E-state index >= 15 is 0 Å². The van der Waals surface area contributed by atoms with E-state index in [0.29, 0.717) is 28.8 Å². The van der Waals surface area contributed by atoms with Crippen LogP contribution in [-0.2, 0) is 5.60 Å². The SMILES string of the molecule is COc1cc([C@@](O)(CCN(C)C)[C@H](c2cc3cc(Br)ccc3nc2OC)c2cc(=O)[nH]c(OC)c2OC)cc(OC)n1. The zero-order chi connectivity index (χ0) is 30.6. The topological polar surface area (TPSA) is 128 Å². The van der Waals surface area contributed by atoms with Gasteiger partial charge in [0.25, 0.3) is 5.56 Å². The van der Waals surface area contributed by atoms with E-state index in [1.807, 2.05) is 43.3 Å². The molecule has 0 unspecified atom stereocenters. The first-order valence-corrected chi connectivity index (χ1v) is 13.8. The number of nitrogens with zero attached hydrogens (tertiary/aromatic N) is 3. The summed E-state index contributed by atoms with van der Waals surface area (Å²) in [5, 5.41) is 13.9. The Kier molecular flexibility index (Phi) is 9.60. The first-order valence-electron chi connectivity index (χ1n) is 13.1. The summed E-state index contributed by atoms with van der Waals surface area (Å²) >= 11 is 3.54. The molecule has 0 aliphatic heterocycles. The van der Waals surface area contributed by atoms with E-state index in [9.17, 15) is 9.90 Å². The molecular weight excluding hydrogens is 608 g/mol. The maximum atomic E-state index is 13.1. The predicted octanol–water partition coefficient (Wildman–Crippen LogP) is 4.10. The Morgan fingerprint density at radius 1 is 0.905 bits per heavy atom. The summed E-state index contributed by atoms with van der Waals surface area (Å²) in [5.41, 5.74) is -0.140. The number of pyridine rings is 3. The Hall–Kier alpha value is -3.87. The lowest BCUT2D eigenvalue weighted by atomic mass is 9.71. The van der Waals surface area contributed by atoms with Crippen molar-refractivity contribution in [3.05, 3.63) is 74.0 Å². The van der Waals surface area contributed by atoms with E-state index in [0.717, 1.165) is 9.86 Å². The molecule has 0 saturated carbocycles. The van der Waals surface area contributed by atoms with Crippen molar-refractivity contribution < 1.29 is 28.8 Å². The smallest absolute Gasteiger partial charge is 0.251 e. The number of aromatic nitrogens is 3. The standard InChI is InChI=1S/C30H35BrN4O7/c1-35(2)11-10-30(37,18-14-24(38-3)34-25(15-18)39-4)26(20-16-23(36)33-29(42-7)27(20)40-5)21-13-17-12-19(31)8-9-22(17)32-28(21)41-6/h8-9,12-16,26,37H,10-11H2,1-7H3,(H,33,36)/t26-,30-/m0/s1. The Balaban J connectivity index is 2.19. The molecule has 2 N–H and O–H groups in total. The molecule has 0 aliphatic rings. The number of rotatable bonds is 12. The molecule has 0 bridgehead atoms. The van der Waals surface area contributed by atoms with E-state index in [-0.39, 0.29) is 35.7 Å². The molecule has 12 heteroatoms. The summed E-state index contributed by atoms with van der Waals surface area (Å²) in [5.74, 6) is 0.150. The van der Waals surface area contributed by atoms with Gasteiger partial charge >= 0.3 is 0 Å². The molecule has 0 aliphatic carbocycles. The van der Waals surface area contributed by atoms with E-state index < -0.39 is 17.1 Å². The summed E-state index contributed by atoms with van der Waals surface area (Å²) in [7, 11) is 11.2. The molecule has 2 atom stereocenters. The fourth-order valence-corrected chi connectivity index (χ4v) is 5.48. The van der Waals surface area contributed by atoms with Crippen molar-refractivity contribution in [2.24, 2.45) is 0 Å². The second-order valence-corrected chi connectivity index (χ2v) is 10.8. The molecule has 3 heterocycles. The van der Waals surface area contributed by atoms with Crippen LogP contribution in [0.2, 0.25) is 0 Å². The van der Waals surface area contributed by atoms with E-state index in [2.05, 4.69) is 25.9 Å². The maximum Gasteiger partial charge on any atom is 0.251 e. The van der Waals surface area contributed by atoms with Crippen molar-refractivity contribution in [1.29, 1.82) is 0 Å².